The summed E-state index contributed by atoms with van der Waals surface area (Å²) in [5.74, 6) is 0. The van der Waals surface area contributed by atoms with Crippen LogP contribution in [0.1, 0.15) is 17.2 Å². The van der Waals surface area contributed by atoms with Crippen molar-refractivity contribution in [2.75, 3.05) is 13.6 Å². The lowest BCUT2D eigenvalue weighted by molar-refractivity contribution is 0.241. The van der Waals surface area contributed by atoms with Crippen LogP contribution >= 0.6 is 11.6 Å². The molecule has 0 amide bonds. The van der Waals surface area contributed by atoms with Crippen LogP contribution in [0.15, 0.2) is 47.3 Å². The highest BCUT2D eigenvalue weighted by Crippen LogP contribution is 2.21. The molecule has 0 fully saturated rings. The molecule has 0 bridgehead atoms. The van der Waals surface area contributed by atoms with Crippen LogP contribution in [0.5, 0.6) is 0 Å². The fraction of sp³-hybridized carbons (Fsp3) is 0.286. The normalized spacial score (nSPS) is 12.9. The molecule has 0 aliphatic carbocycles. The van der Waals surface area contributed by atoms with E-state index in [-0.39, 0.29) is 6.04 Å². The van der Waals surface area contributed by atoms with E-state index in [9.17, 15) is 0 Å². The monoisotopic (exact) mass is 264 g/mol. The Morgan fingerprint density at radius 3 is 2.56 bits per heavy atom. The molecule has 4 heteroatoms. The maximum Gasteiger partial charge on any atom is 0.0950 e. The standard InChI is InChI=1S/C14H17ClN2O/c1-17(9-11-2-4-13(15)5-3-11)14(8-16)12-6-7-18-10-12/h2-7,10,14H,8-9,16H2,1H3. The van der Waals surface area contributed by atoms with Gasteiger partial charge in [0.05, 0.1) is 18.6 Å². The lowest BCUT2D eigenvalue weighted by atomic mass is 10.1. The van der Waals surface area contributed by atoms with Crippen LogP contribution in [0.3, 0.4) is 0 Å². The zero-order valence-corrected chi connectivity index (χ0v) is 11.1. The number of benzene rings is 1. The number of rotatable bonds is 5. The molecule has 2 N–H and O–H groups in total. The van der Waals surface area contributed by atoms with E-state index in [1.54, 1.807) is 12.5 Å². The van der Waals surface area contributed by atoms with Gasteiger partial charge in [-0.1, -0.05) is 23.7 Å². The second kappa shape index (κ2) is 6.05. The summed E-state index contributed by atoms with van der Waals surface area (Å²) in [6.45, 7) is 1.38. The number of hydrogen-bond donors (Lipinski definition) is 1. The summed E-state index contributed by atoms with van der Waals surface area (Å²) in [6, 6.07) is 9.99. The fourth-order valence-corrected chi connectivity index (χ4v) is 2.15. The Bertz CT molecular complexity index is 467. The van der Waals surface area contributed by atoms with E-state index in [2.05, 4.69) is 11.9 Å². The number of hydrogen-bond acceptors (Lipinski definition) is 3. The molecule has 1 heterocycles. The van der Waals surface area contributed by atoms with Crippen LogP contribution in [-0.2, 0) is 6.54 Å². The maximum atomic E-state index is 5.87. The van der Waals surface area contributed by atoms with Crippen LogP contribution in [0.25, 0.3) is 0 Å². The summed E-state index contributed by atoms with van der Waals surface area (Å²) >= 11 is 5.87. The van der Waals surface area contributed by atoms with Crippen molar-refractivity contribution in [3.8, 4) is 0 Å². The van der Waals surface area contributed by atoms with Gasteiger partial charge in [0.2, 0.25) is 0 Å². The second-order valence-corrected chi connectivity index (χ2v) is 4.79. The Labute approximate surface area is 112 Å². The van der Waals surface area contributed by atoms with E-state index in [4.69, 9.17) is 21.8 Å². The molecule has 1 unspecified atom stereocenters. The van der Waals surface area contributed by atoms with Gasteiger partial charge in [-0.05, 0) is 30.8 Å². The minimum Gasteiger partial charge on any atom is -0.472 e. The van der Waals surface area contributed by atoms with Gasteiger partial charge in [0.25, 0.3) is 0 Å². The first-order chi connectivity index (χ1) is 8.70. The van der Waals surface area contributed by atoms with Gasteiger partial charge in [-0.25, -0.2) is 0 Å². The van der Waals surface area contributed by atoms with E-state index in [1.165, 1.54) is 5.56 Å². The summed E-state index contributed by atoms with van der Waals surface area (Å²) in [4.78, 5) is 2.20. The van der Waals surface area contributed by atoms with Gasteiger partial charge < -0.3 is 10.2 Å². The van der Waals surface area contributed by atoms with Crippen LogP contribution in [0, 0.1) is 0 Å². The average molecular weight is 265 g/mol. The topological polar surface area (TPSA) is 42.4 Å². The smallest absolute Gasteiger partial charge is 0.0950 e. The van der Waals surface area contributed by atoms with Gasteiger partial charge in [-0.3, -0.25) is 4.90 Å². The van der Waals surface area contributed by atoms with Crippen LogP contribution in [0.2, 0.25) is 5.02 Å². The van der Waals surface area contributed by atoms with Gasteiger partial charge in [0, 0.05) is 23.7 Å². The summed E-state index contributed by atoms with van der Waals surface area (Å²) < 4.78 is 5.11. The predicted octanol–water partition coefficient (Wildman–Crippen LogP) is 3.06. The molecule has 2 rings (SSSR count). The zero-order chi connectivity index (χ0) is 13.0. The van der Waals surface area contributed by atoms with Crippen LogP contribution in [0.4, 0.5) is 0 Å². The first kappa shape index (κ1) is 13.1. The van der Waals surface area contributed by atoms with Gasteiger partial charge in [0.1, 0.15) is 0 Å². The van der Waals surface area contributed by atoms with Gasteiger partial charge in [-0.15, -0.1) is 0 Å². The first-order valence-electron chi connectivity index (χ1n) is 5.87. The summed E-state index contributed by atoms with van der Waals surface area (Å²) in [6.07, 6.45) is 3.42. The Morgan fingerprint density at radius 2 is 2.00 bits per heavy atom. The van der Waals surface area contributed by atoms with Crippen molar-refractivity contribution in [1.29, 1.82) is 0 Å². The minimum atomic E-state index is 0.166. The lowest BCUT2D eigenvalue weighted by Crippen LogP contribution is -2.29. The van der Waals surface area contributed by atoms with Crippen molar-refractivity contribution in [2.45, 2.75) is 12.6 Å². The van der Waals surface area contributed by atoms with Gasteiger partial charge in [-0.2, -0.15) is 0 Å². The van der Waals surface area contributed by atoms with E-state index < -0.39 is 0 Å². The first-order valence-corrected chi connectivity index (χ1v) is 6.25. The maximum absolute atomic E-state index is 5.87. The molecule has 1 atom stereocenters. The van der Waals surface area contributed by atoms with Crippen molar-refractivity contribution >= 4 is 11.6 Å². The highest BCUT2D eigenvalue weighted by atomic mass is 35.5. The molecule has 0 aliphatic heterocycles. The largest absolute Gasteiger partial charge is 0.472 e. The zero-order valence-electron chi connectivity index (χ0n) is 10.3. The van der Waals surface area contributed by atoms with Crippen molar-refractivity contribution in [3.63, 3.8) is 0 Å². The molecule has 18 heavy (non-hydrogen) atoms. The molecule has 0 saturated heterocycles. The molecule has 0 spiro atoms. The number of furan rings is 1. The summed E-state index contributed by atoms with van der Waals surface area (Å²) in [5, 5.41) is 0.756. The third kappa shape index (κ3) is 3.13. The van der Waals surface area contributed by atoms with E-state index in [1.807, 2.05) is 30.3 Å². The second-order valence-electron chi connectivity index (χ2n) is 4.35. The number of nitrogens with two attached hydrogens (primary N) is 1. The molecule has 1 aromatic heterocycles. The number of likely N-dealkylation sites (N-methyl/N-ethyl adjacent to an activating group) is 1. The van der Waals surface area contributed by atoms with Crippen LogP contribution in [-0.4, -0.2) is 18.5 Å². The number of nitrogens with zero attached hydrogens (tertiary/aromatic N) is 1. The summed E-state index contributed by atoms with van der Waals surface area (Å²) in [7, 11) is 2.05. The molecule has 0 saturated carbocycles. The van der Waals surface area contributed by atoms with E-state index >= 15 is 0 Å². The van der Waals surface area contributed by atoms with E-state index in [0.717, 1.165) is 17.1 Å². The Morgan fingerprint density at radius 1 is 1.28 bits per heavy atom. The van der Waals surface area contributed by atoms with Crippen molar-refractivity contribution in [1.82, 2.24) is 4.90 Å². The quantitative estimate of drug-likeness (QED) is 0.903. The highest BCUT2D eigenvalue weighted by Gasteiger charge is 2.16. The van der Waals surface area contributed by atoms with E-state index in [0.29, 0.717) is 6.54 Å². The predicted molar refractivity (Wildman–Crippen MR) is 73.4 cm³/mol. The molecular formula is C14H17ClN2O. The Balaban J connectivity index is 2.06. The molecule has 3 nitrogen and oxygen atoms in total. The Kier molecular flexibility index (Phi) is 4.42. The van der Waals surface area contributed by atoms with Crippen molar-refractivity contribution in [2.24, 2.45) is 5.73 Å². The third-order valence-corrected chi connectivity index (χ3v) is 3.28. The lowest BCUT2D eigenvalue weighted by Gasteiger charge is -2.26. The molecule has 96 valence electrons. The van der Waals surface area contributed by atoms with Gasteiger partial charge >= 0.3 is 0 Å². The Hall–Kier alpha value is -1.29. The average Bonchev–Trinajstić information content (AvgIpc) is 2.87. The highest BCUT2D eigenvalue weighted by molar-refractivity contribution is 6.30. The SMILES string of the molecule is CN(Cc1ccc(Cl)cc1)C(CN)c1ccoc1. The molecule has 0 aliphatic rings. The molecular weight excluding hydrogens is 248 g/mol. The molecule has 2 aromatic rings. The third-order valence-electron chi connectivity index (χ3n) is 3.03. The fourth-order valence-electron chi connectivity index (χ4n) is 2.02. The van der Waals surface area contributed by atoms with Gasteiger partial charge in [0.15, 0.2) is 0 Å². The van der Waals surface area contributed by atoms with Crippen molar-refractivity contribution in [3.05, 3.63) is 59.0 Å². The molecule has 1 aromatic carbocycles. The van der Waals surface area contributed by atoms with Crippen LogP contribution < -0.4 is 5.73 Å². The van der Waals surface area contributed by atoms with Crippen molar-refractivity contribution < 1.29 is 4.42 Å². The number of halogens is 1. The molecule has 0 radical (unpaired) electrons. The summed E-state index contributed by atoms with van der Waals surface area (Å²) in [5.41, 5.74) is 8.16. The minimum absolute atomic E-state index is 0.166.